The summed E-state index contributed by atoms with van der Waals surface area (Å²) < 4.78 is 8.81. The molecule has 3 atom stereocenters. The van der Waals surface area contributed by atoms with Crippen molar-refractivity contribution in [1.82, 2.24) is 14.8 Å². The maximum atomic E-state index is 14.2. The second-order valence-corrected chi connectivity index (χ2v) is 12.7. The molecule has 2 aliphatic rings. The van der Waals surface area contributed by atoms with Crippen LogP contribution in [-0.2, 0) is 25.5 Å². The number of para-hydroxylation sites is 1. The van der Waals surface area contributed by atoms with Crippen LogP contribution >= 0.6 is 34.8 Å². The number of ether oxygens (including phenoxy) is 2. The van der Waals surface area contributed by atoms with Gasteiger partial charge >= 0.3 is 12.1 Å². The van der Waals surface area contributed by atoms with Crippen molar-refractivity contribution < 1.29 is 23.9 Å². The number of benzene rings is 1. The fraction of sp³-hybridized carbons (Fsp3) is 0.519. The second kappa shape index (κ2) is 10.6. The monoisotopic (exact) mass is 583 g/mol. The number of fused-ring (bicyclic) bond motifs is 3. The van der Waals surface area contributed by atoms with E-state index in [1.54, 1.807) is 0 Å². The zero-order valence-corrected chi connectivity index (χ0v) is 24.3. The van der Waals surface area contributed by atoms with Crippen LogP contribution in [-0.4, -0.2) is 67.9 Å². The van der Waals surface area contributed by atoms with Crippen molar-refractivity contribution in [1.29, 1.82) is 0 Å². The van der Waals surface area contributed by atoms with E-state index in [0.717, 1.165) is 27.7 Å². The summed E-state index contributed by atoms with van der Waals surface area (Å²) in [6, 6.07) is 5.44. The fourth-order valence-electron chi connectivity index (χ4n) is 5.18. The van der Waals surface area contributed by atoms with Crippen molar-refractivity contribution in [3.05, 3.63) is 47.2 Å². The average molecular weight is 585 g/mol. The summed E-state index contributed by atoms with van der Waals surface area (Å²) >= 11 is 18.4. The highest BCUT2D eigenvalue weighted by Gasteiger charge is 2.50. The van der Waals surface area contributed by atoms with E-state index in [2.05, 4.69) is 4.98 Å². The lowest BCUT2D eigenvalue weighted by Gasteiger charge is -2.43. The van der Waals surface area contributed by atoms with Crippen LogP contribution in [0.5, 0.6) is 0 Å². The van der Waals surface area contributed by atoms with Gasteiger partial charge in [0.1, 0.15) is 12.1 Å². The molecule has 0 spiro atoms. The number of aromatic amines is 1. The number of halogens is 3. The van der Waals surface area contributed by atoms with E-state index < -0.39 is 39.6 Å². The van der Waals surface area contributed by atoms with Gasteiger partial charge in [-0.05, 0) is 52.2 Å². The number of hydrogen-bond donors (Lipinski definition) is 1. The molecule has 2 amide bonds. The van der Waals surface area contributed by atoms with Gasteiger partial charge in [0.2, 0.25) is 9.70 Å². The summed E-state index contributed by atoms with van der Waals surface area (Å²) in [7, 11) is 1.30. The number of aromatic nitrogens is 1. The van der Waals surface area contributed by atoms with Gasteiger partial charge in [0.15, 0.2) is 5.60 Å². The Hall–Kier alpha value is -2.42. The van der Waals surface area contributed by atoms with Crippen molar-refractivity contribution >= 4 is 63.7 Å². The van der Waals surface area contributed by atoms with Crippen LogP contribution in [0.3, 0.4) is 0 Å². The van der Waals surface area contributed by atoms with Crippen LogP contribution in [0.4, 0.5) is 4.79 Å². The number of carbonyl (C=O) groups excluding carboxylic acids is 3. The molecule has 4 rings (SSSR count). The van der Waals surface area contributed by atoms with Crippen molar-refractivity contribution in [3.63, 3.8) is 0 Å². The topological polar surface area (TPSA) is 91.9 Å². The minimum absolute atomic E-state index is 0.221. The molecule has 3 heterocycles. The Balaban J connectivity index is 1.86. The largest absolute Gasteiger partial charge is 0.467 e. The molecule has 1 aromatic heterocycles. The van der Waals surface area contributed by atoms with Crippen molar-refractivity contribution in [2.75, 3.05) is 13.7 Å². The molecule has 1 aromatic carbocycles. The van der Waals surface area contributed by atoms with Gasteiger partial charge in [-0.2, -0.15) is 0 Å². The normalized spacial score (nSPS) is 21.7. The number of amides is 2. The predicted octanol–water partition coefficient (Wildman–Crippen LogP) is 5.85. The summed E-state index contributed by atoms with van der Waals surface area (Å²) in [6.45, 7) is 7.20. The fourth-order valence-corrected chi connectivity index (χ4v) is 5.29. The maximum absolute atomic E-state index is 14.2. The van der Waals surface area contributed by atoms with E-state index in [4.69, 9.17) is 44.3 Å². The Morgan fingerprint density at radius 2 is 1.79 bits per heavy atom. The minimum atomic E-state index is -1.92. The number of H-pyrrole nitrogens is 1. The molecule has 1 fully saturated rings. The molecule has 0 bridgehead atoms. The van der Waals surface area contributed by atoms with Crippen molar-refractivity contribution in [2.24, 2.45) is 0 Å². The first kappa shape index (κ1) is 28.6. The van der Waals surface area contributed by atoms with E-state index in [1.807, 2.05) is 44.2 Å². The number of nitrogens with one attached hydrogen (secondary N) is 1. The number of alkyl halides is 3. The van der Waals surface area contributed by atoms with Gasteiger partial charge in [-0.25, -0.2) is 9.59 Å². The third-order valence-electron chi connectivity index (χ3n) is 7.20. The van der Waals surface area contributed by atoms with E-state index in [-0.39, 0.29) is 12.3 Å². The Labute approximate surface area is 237 Å². The quantitative estimate of drug-likeness (QED) is 0.276. The van der Waals surface area contributed by atoms with Gasteiger partial charge in [0.25, 0.3) is 0 Å². The smallest absolute Gasteiger partial charge is 0.411 e. The van der Waals surface area contributed by atoms with E-state index in [1.165, 1.54) is 30.8 Å². The molecular weight excluding hydrogens is 553 g/mol. The first-order valence-corrected chi connectivity index (χ1v) is 13.6. The summed E-state index contributed by atoms with van der Waals surface area (Å²) in [4.78, 5) is 46.9. The van der Waals surface area contributed by atoms with Crippen LogP contribution in [0.1, 0.15) is 57.8 Å². The number of carbonyl (C=O) groups is 3. The molecule has 38 heavy (non-hydrogen) atoms. The number of rotatable bonds is 4. The lowest BCUT2D eigenvalue weighted by atomic mass is 9.90. The SMILES string of the molecule is COC(=O)[C@@H]1CCCN1C(=O)C1Cc2c([nH]c3ccccc23)[C@@H](C=C(C)C)N1C(=O)OC(C)(C)C(Cl)(Cl)Cl. The van der Waals surface area contributed by atoms with E-state index in [9.17, 15) is 14.4 Å². The summed E-state index contributed by atoms with van der Waals surface area (Å²) in [5.41, 5.74) is 2.04. The number of likely N-dealkylation sites (tertiary alicyclic amines) is 1. The van der Waals surface area contributed by atoms with E-state index in [0.29, 0.717) is 19.4 Å². The number of esters is 1. The second-order valence-electron chi connectivity index (χ2n) is 10.5. The van der Waals surface area contributed by atoms with Crippen molar-refractivity contribution in [3.8, 4) is 0 Å². The standard InChI is InChI=1S/C27H32Cl3N3O5/c1-15(2)13-20-22-17(16-9-6-7-10-18(16)31-22)14-21(23(34)32-12-8-11-19(32)24(35)37-5)33(20)25(36)38-26(3,4)27(28,29)30/h6-7,9-10,13,19-21,31H,8,11-12,14H2,1-5H3/t19-,20+,21?/m0/s1. The lowest BCUT2D eigenvalue weighted by Crippen LogP contribution is -2.58. The number of hydrogen-bond acceptors (Lipinski definition) is 5. The molecule has 2 aliphatic heterocycles. The predicted molar refractivity (Wildman–Crippen MR) is 147 cm³/mol. The molecule has 1 saturated heterocycles. The Morgan fingerprint density at radius 3 is 2.42 bits per heavy atom. The highest BCUT2D eigenvalue weighted by atomic mass is 35.6. The molecule has 0 radical (unpaired) electrons. The average Bonchev–Trinajstić information content (AvgIpc) is 3.46. The highest BCUT2D eigenvalue weighted by Crippen LogP contribution is 2.44. The van der Waals surface area contributed by atoms with Crippen LogP contribution in [0.15, 0.2) is 35.9 Å². The molecular formula is C27H32Cl3N3O5. The van der Waals surface area contributed by atoms with Gasteiger partial charge in [0.05, 0.1) is 13.2 Å². The Morgan fingerprint density at radius 1 is 1.11 bits per heavy atom. The first-order chi connectivity index (χ1) is 17.8. The van der Waals surface area contributed by atoms with Gasteiger partial charge in [-0.1, -0.05) is 64.7 Å². The Kier molecular flexibility index (Phi) is 7.99. The summed E-state index contributed by atoms with van der Waals surface area (Å²) in [5.74, 6) is -0.837. The third kappa shape index (κ3) is 5.23. The number of methoxy groups -OCH3 is 1. The van der Waals surface area contributed by atoms with E-state index >= 15 is 0 Å². The molecule has 0 aliphatic carbocycles. The van der Waals surface area contributed by atoms with Crippen LogP contribution in [0, 0.1) is 0 Å². The Bertz CT molecular complexity index is 1280. The summed E-state index contributed by atoms with van der Waals surface area (Å²) in [5, 5.41) is 0.966. The van der Waals surface area contributed by atoms with Crippen LogP contribution in [0.2, 0.25) is 0 Å². The zero-order valence-electron chi connectivity index (χ0n) is 22.0. The van der Waals surface area contributed by atoms with Gasteiger partial charge in [0, 0.05) is 29.6 Å². The molecule has 1 unspecified atom stereocenters. The number of allylic oxidation sites excluding steroid dienone is 1. The number of nitrogens with zero attached hydrogens (tertiary/aromatic N) is 2. The van der Waals surface area contributed by atoms with Crippen molar-refractivity contribution in [2.45, 2.75) is 74.5 Å². The molecule has 11 heteroatoms. The van der Waals surface area contributed by atoms with Gasteiger partial charge in [-0.3, -0.25) is 9.69 Å². The molecule has 206 valence electrons. The van der Waals surface area contributed by atoms with Gasteiger partial charge < -0.3 is 19.4 Å². The minimum Gasteiger partial charge on any atom is -0.467 e. The maximum Gasteiger partial charge on any atom is 0.411 e. The molecule has 2 aromatic rings. The zero-order chi connectivity index (χ0) is 28.0. The first-order valence-electron chi connectivity index (χ1n) is 12.5. The molecule has 8 nitrogen and oxygen atoms in total. The highest BCUT2D eigenvalue weighted by molar-refractivity contribution is 6.68. The molecule has 1 N–H and O–H groups in total. The summed E-state index contributed by atoms with van der Waals surface area (Å²) in [6.07, 6.45) is 2.46. The molecule has 0 saturated carbocycles. The van der Waals surface area contributed by atoms with Gasteiger partial charge in [-0.15, -0.1) is 0 Å². The lowest BCUT2D eigenvalue weighted by molar-refractivity contribution is -0.153. The third-order valence-corrected chi connectivity index (χ3v) is 8.56. The van der Waals surface area contributed by atoms with Crippen LogP contribution in [0.25, 0.3) is 10.9 Å². The van der Waals surface area contributed by atoms with Crippen LogP contribution < -0.4 is 0 Å².